The number of aromatic hydroxyl groups is 7. The van der Waals surface area contributed by atoms with E-state index >= 15 is 0 Å². The van der Waals surface area contributed by atoms with Crippen LogP contribution in [0, 0.1) is 0 Å². The molecule has 3 heterocycles. The number of hydrogen-bond acceptors (Lipinski definition) is 21. The van der Waals surface area contributed by atoms with Crippen LogP contribution >= 0.6 is 0 Å². The van der Waals surface area contributed by atoms with Crippen molar-refractivity contribution >= 4 is 35.1 Å². The molecule has 0 radical (unpaired) electrons. The Hall–Kier alpha value is -7.41. The van der Waals surface area contributed by atoms with E-state index in [0.717, 1.165) is 18.2 Å². The van der Waals surface area contributed by atoms with E-state index in [1.807, 2.05) is 0 Å². The minimum absolute atomic E-state index is 0.0209. The number of carbonyl (C=O) groups is 2. The fraction of sp³-hybridized carbons (Fsp3) is 0.283. The highest BCUT2D eigenvalue weighted by Crippen LogP contribution is 2.43. The van der Waals surface area contributed by atoms with Crippen molar-refractivity contribution in [1.29, 1.82) is 0 Å². The van der Waals surface area contributed by atoms with Crippen LogP contribution in [0.25, 0.3) is 34.4 Å². The van der Waals surface area contributed by atoms with Gasteiger partial charge in [0.15, 0.2) is 46.9 Å². The molecule has 0 spiro atoms. The van der Waals surface area contributed by atoms with Crippen molar-refractivity contribution in [3.8, 4) is 63.1 Å². The molecule has 4 aromatic carbocycles. The van der Waals surface area contributed by atoms with E-state index < -0.39 is 115 Å². The Labute approximate surface area is 383 Å². The highest BCUT2D eigenvalue weighted by Gasteiger charge is 2.52. The van der Waals surface area contributed by atoms with Gasteiger partial charge >= 0.3 is 23.3 Å². The summed E-state index contributed by atoms with van der Waals surface area (Å²) in [6, 6.07) is 14.9. The second-order valence-corrected chi connectivity index (χ2v) is 15.4. The van der Waals surface area contributed by atoms with E-state index in [2.05, 4.69) is 0 Å². The molecular weight excluding hydrogens is 904 g/mol. The average molecular weight is 950 g/mol. The first kappa shape index (κ1) is 48.5. The number of esters is 2. The van der Waals surface area contributed by atoms with Gasteiger partial charge in [0.2, 0.25) is 12.0 Å². The molecule has 0 aliphatic carbocycles. The molecule has 0 amide bonds. The van der Waals surface area contributed by atoms with E-state index in [1.165, 1.54) is 86.0 Å². The van der Waals surface area contributed by atoms with E-state index in [0.29, 0.717) is 11.1 Å². The Kier molecular flexibility index (Phi) is 14.7. The summed E-state index contributed by atoms with van der Waals surface area (Å²) < 4.78 is 45.9. The number of phenols is 7. The quantitative estimate of drug-likeness (QED) is 0.0327. The number of aliphatic hydroxyl groups excluding tert-OH is 5. The van der Waals surface area contributed by atoms with Gasteiger partial charge in [-0.3, -0.25) is 0 Å². The van der Waals surface area contributed by atoms with Crippen LogP contribution in [0.2, 0.25) is 0 Å². The van der Waals surface area contributed by atoms with E-state index in [4.69, 9.17) is 37.6 Å². The van der Waals surface area contributed by atoms with Gasteiger partial charge < -0.3 is 94.4 Å². The lowest BCUT2D eigenvalue weighted by atomic mass is 9.97. The topological polar surface area (TPSA) is 353 Å². The van der Waals surface area contributed by atoms with Gasteiger partial charge in [-0.15, -0.1) is 0 Å². The van der Waals surface area contributed by atoms with Gasteiger partial charge in [0.05, 0.1) is 18.7 Å². The summed E-state index contributed by atoms with van der Waals surface area (Å²) in [4.78, 5) is 25.4. The van der Waals surface area contributed by atoms with Crippen LogP contribution in [0.15, 0.2) is 89.4 Å². The lowest BCUT2D eigenvalue weighted by Gasteiger charge is -2.45. The van der Waals surface area contributed by atoms with Crippen LogP contribution in [0.1, 0.15) is 11.1 Å². The number of hydrogen-bond donors (Lipinski definition) is 12. The van der Waals surface area contributed by atoms with E-state index in [9.17, 15) is 70.9 Å². The van der Waals surface area contributed by atoms with Crippen LogP contribution in [0.3, 0.4) is 0 Å². The Balaban J connectivity index is 1.18. The molecule has 12 N–H and O–H groups in total. The second-order valence-electron chi connectivity index (χ2n) is 15.4. The molecule has 2 saturated heterocycles. The fourth-order valence-electron chi connectivity index (χ4n) is 7.06. The number of carbonyl (C=O) groups excluding carboxylic acids is 2. The zero-order chi connectivity index (χ0) is 49.0. The first-order chi connectivity index (χ1) is 32.4. The molecule has 22 nitrogen and oxygen atoms in total. The SMILES string of the molecule is COc1cc(-c2[o+]c3cc(O)cc(O)c3cc2O[C@@H]2O[C@H](COC(=O)/C=C/c3ccc(O)c(O)c3)[C@@H](O)[C@H](O)[C@H]2O[C@@H]2O[C@H](COC(=O)/C=C/c3ccc(O)c(O)c3)[C@@H](O)[C@H](O)[C@H]2O)ccc1O. The third-order valence-electron chi connectivity index (χ3n) is 10.7. The summed E-state index contributed by atoms with van der Waals surface area (Å²) in [5, 5.41) is 126. The van der Waals surface area contributed by atoms with E-state index in [-0.39, 0.29) is 45.3 Å². The minimum Gasteiger partial charge on any atom is -0.507 e. The van der Waals surface area contributed by atoms with Crippen LogP contribution in [0.4, 0.5) is 0 Å². The molecule has 360 valence electrons. The predicted octanol–water partition coefficient (Wildman–Crippen LogP) is 1.86. The van der Waals surface area contributed by atoms with Crippen molar-refractivity contribution in [2.45, 2.75) is 61.4 Å². The Bertz CT molecular complexity index is 2700. The molecule has 0 bridgehead atoms. The van der Waals surface area contributed by atoms with Crippen molar-refractivity contribution in [1.82, 2.24) is 0 Å². The molecule has 68 heavy (non-hydrogen) atoms. The number of benzene rings is 4. The number of aliphatic hydroxyl groups is 5. The normalized spacial score (nSPS) is 25.1. The zero-order valence-corrected chi connectivity index (χ0v) is 35.4. The predicted molar refractivity (Wildman–Crippen MR) is 230 cm³/mol. The van der Waals surface area contributed by atoms with Gasteiger partial charge in [0.1, 0.15) is 72.8 Å². The monoisotopic (exact) mass is 949 g/mol. The summed E-state index contributed by atoms with van der Waals surface area (Å²) in [5.41, 5.74) is 0.703. The molecule has 2 aliphatic rings. The average Bonchev–Trinajstić information content (AvgIpc) is 3.31. The first-order valence-corrected chi connectivity index (χ1v) is 20.4. The first-order valence-electron chi connectivity index (χ1n) is 20.4. The summed E-state index contributed by atoms with van der Waals surface area (Å²) in [5.74, 6) is -5.25. The van der Waals surface area contributed by atoms with Crippen molar-refractivity contribution < 1.29 is 108 Å². The zero-order valence-electron chi connectivity index (χ0n) is 35.4. The standard InChI is InChI=1S/C46H44O22/c1-61-32-14-22(6-9-27(32)50)43-33(17-24-28(51)15-23(47)16-31(24)64-43)65-46-44(41(59)39(57)35(67-46)19-63-37(55)11-5-21-3-8-26(49)30(53)13-21)68-45-42(60)40(58)38(56)34(66-45)18-62-36(54)10-4-20-2-7-25(48)29(52)12-20/h2-17,34-35,38-42,44-46,56-60H,18-19H2,1H3,(H6-,47,48,49,50,51,52,53,54,55)/p+1/t34-,35-,38-,39-,40+,41+,42-,44-,45+,46-/m1/s1. The summed E-state index contributed by atoms with van der Waals surface area (Å²) in [7, 11) is 1.28. The Morgan fingerprint density at radius 1 is 0.588 bits per heavy atom. The lowest BCUT2D eigenvalue weighted by Crippen LogP contribution is -2.65. The highest BCUT2D eigenvalue weighted by molar-refractivity contribution is 5.89. The fourth-order valence-corrected chi connectivity index (χ4v) is 7.06. The summed E-state index contributed by atoms with van der Waals surface area (Å²) >= 11 is 0. The van der Waals surface area contributed by atoms with Gasteiger partial charge in [-0.25, -0.2) is 14.0 Å². The molecule has 2 fully saturated rings. The van der Waals surface area contributed by atoms with Crippen molar-refractivity contribution in [3.63, 3.8) is 0 Å². The third kappa shape index (κ3) is 10.9. The third-order valence-corrected chi connectivity index (χ3v) is 10.7. The number of fused-ring (bicyclic) bond motifs is 1. The van der Waals surface area contributed by atoms with Crippen LogP contribution in [-0.2, 0) is 33.3 Å². The van der Waals surface area contributed by atoms with Gasteiger partial charge in [-0.2, -0.15) is 0 Å². The Morgan fingerprint density at radius 2 is 1.15 bits per heavy atom. The molecule has 0 saturated carbocycles. The van der Waals surface area contributed by atoms with Crippen LogP contribution < -0.4 is 9.47 Å². The van der Waals surface area contributed by atoms with Crippen molar-refractivity contribution in [3.05, 3.63) is 96.1 Å². The summed E-state index contributed by atoms with van der Waals surface area (Å²) in [6.45, 7) is -1.49. The number of phenolic OH excluding ortho intramolecular Hbond substituents is 7. The number of rotatable bonds is 14. The molecular formula is C46H45O22+. The molecule has 5 aromatic rings. The lowest BCUT2D eigenvalue weighted by molar-refractivity contribution is -0.358. The largest absolute Gasteiger partial charge is 0.507 e. The molecule has 10 atom stereocenters. The molecule has 2 aliphatic heterocycles. The molecule has 7 rings (SSSR count). The van der Waals surface area contributed by atoms with Crippen molar-refractivity contribution in [2.24, 2.45) is 0 Å². The van der Waals surface area contributed by atoms with Crippen LogP contribution in [0.5, 0.6) is 51.7 Å². The highest BCUT2D eigenvalue weighted by atomic mass is 16.8. The maximum Gasteiger partial charge on any atom is 0.402 e. The smallest absolute Gasteiger partial charge is 0.402 e. The van der Waals surface area contributed by atoms with Gasteiger partial charge in [0.25, 0.3) is 0 Å². The maximum absolute atomic E-state index is 12.8. The number of methoxy groups -OCH3 is 1. The van der Waals surface area contributed by atoms with Crippen molar-refractivity contribution in [2.75, 3.05) is 20.3 Å². The maximum atomic E-state index is 12.8. The minimum atomic E-state index is -2.08. The van der Waals surface area contributed by atoms with Gasteiger partial charge in [0, 0.05) is 30.4 Å². The molecule has 22 heteroatoms. The summed E-state index contributed by atoms with van der Waals surface area (Å²) in [6.07, 6.45) is -14.7. The Morgan fingerprint density at radius 3 is 1.72 bits per heavy atom. The van der Waals surface area contributed by atoms with Crippen LogP contribution in [-0.4, -0.2) is 155 Å². The molecule has 1 aromatic heterocycles. The van der Waals surface area contributed by atoms with Gasteiger partial charge in [-0.05, 0) is 59.7 Å². The number of ether oxygens (including phenoxy) is 7. The van der Waals surface area contributed by atoms with E-state index in [1.54, 1.807) is 0 Å². The van der Waals surface area contributed by atoms with Gasteiger partial charge in [-0.1, -0.05) is 12.1 Å². The molecule has 0 unspecified atom stereocenters. The second kappa shape index (κ2) is 20.6.